The first kappa shape index (κ1) is 25.4. The zero-order chi connectivity index (χ0) is 26.0. The number of carbonyl (C=O) groups excluding carboxylic acids is 3. The maximum absolute atomic E-state index is 13.5. The first-order valence-electron chi connectivity index (χ1n) is 10.6. The normalized spacial score (nSPS) is 14.8. The molecule has 3 aromatic carbocycles. The number of halogens is 3. The molecule has 4 amide bonds. The van der Waals surface area contributed by atoms with Crippen molar-refractivity contribution in [3.63, 3.8) is 0 Å². The van der Waals surface area contributed by atoms with E-state index in [-0.39, 0.29) is 23.7 Å². The lowest BCUT2D eigenvalue weighted by Crippen LogP contribution is -2.54. The van der Waals surface area contributed by atoms with Gasteiger partial charge in [-0.3, -0.25) is 14.9 Å². The second kappa shape index (κ2) is 10.5. The minimum atomic E-state index is -0.875. The molecule has 184 valence electrons. The molecule has 0 unspecified atom stereocenters. The van der Waals surface area contributed by atoms with Crippen LogP contribution in [0.4, 0.5) is 14.9 Å². The van der Waals surface area contributed by atoms with Crippen molar-refractivity contribution in [1.29, 1.82) is 0 Å². The second-order valence-corrected chi connectivity index (χ2v) is 9.10. The third-order valence-electron chi connectivity index (χ3n) is 5.38. The number of amides is 4. The molecule has 4 rings (SSSR count). The molecule has 36 heavy (non-hydrogen) atoms. The molecule has 7 nitrogen and oxygen atoms in total. The van der Waals surface area contributed by atoms with E-state index in [0.717, 1.165) is 10.5 Å². The first-order valence-corrected chi connectivity index (χ1v) is 11.8. The van der Waals surface area contributed by atoms with Gasteiger partial charge in [-0.15, -0.1) is 0 Å². The van der Waals surface area contributed by atoms with Crippen molar-refractivity contribution in [3.05, 3.63) is 92.2 Å². The fourth-order valence-corrected chi connectivity index (χ4v) is 4.10. The Morgan fingerprint density at radius 1 is 1.08 bits per heavy atom. The van der Waals surface area contributed by atoms with E-state index in [1.165, 1.54) is 31.4 Å². The van der Waals surface area contributed by atoms with E-state index in [1.54, 1.807) is 43.3 Å². The van der Waals surface area contributed by atoms with Crippen LogP contribution in [0, 0.1) is 12.7 Å². The standard InChI is InChI=1S/C26H19BrClFN2O5/c1-14-6-7-18(11-21(14)28)31-25(33)19(24(32)30-26(31)34)9-16-10-22(35-2)23(12-20(16)27)36-13-15-4-3-5-17(29)8-15/h3-12H,13H2,1-2H3,(H,30,32,34)/b19-9-. The van der Waals surface area contributed by atoms with Gasteiger partial charge in [0.2, 0.25) is 0 Å². The van der Waals surface area contributed by atoms with E-state index in [9.17, 15) is 18.8 Å². The van der Waals surface area contributed by atoms with Crippen LogP contribution >= 0.6 is 27.5 Å². The van der Waals surface area contributed by atoms with Crippen molar-refractivity contribution in [2.45, 2.75) is 13.5 Å². The van der Waals surface area contributed by atoms with E-state index < -0.39 is 17.8 Å². The lowest BCUT2D eigenvalue weighted by atomic mass is 10.1. The van der Waals surface area contributed by atoms with Gasteiger partial charge < -0.3 is 9.47 Å². The van der Waals surface area contributed by atoms with Crippen LogP contribution in [0.1, 0.15) is 16.7 Å². The van der Waals surface area contributed by atoms with Crippen LogP contribution in [0.2, 0.25) is 5.02 Å². The monoisotopic (exact) mass is 572 g/mol. The van der Waals surface area contributed by atoms with E-state index in [4.69, 9.17) is 21.1 Å². The number of anilines is 1. The SMILES string of the molecule is COc1cc(/C=C2/C(=O)NC(=O)N(c3ccc(C)c(Cl)c3)C2=O)c(Br)cc1OCc1cccc(F)c1. The zero-order valence-electron chi connectivity index (χ0n) is 19.1. The van der Waals surface area contributed by atoms with Gasteiger partial charge in [-0.05, 0) is 66.1 Å². The van der Waals surface area contributed by atoms with Gasteiger partial charge in [-0.2, -0.15) is 0 Å². The topological polar surface area (TPSA) is 84.9 Å². The van der Waals surface area contributed by atoms with Gasteiger partial charge in [0, 0.05) is 9.50 Å². The molecule has 1 aliphatic heterocycles. The maximum Gasteiger partial charge on any atom is 0.335 e. The predicted octanol–water partition coefficient (Wildman–Crippen LogP) is 5.80. The lowest BCUT2D eigenvalue weighted by molar-refractivity contribution is -0.122. The number of nitrogens with zero attached hydrogens (tertiary/aromatic N) is 1. The minimum absolute atomic E-state index is 0.0953. The number of methoxy groups -OCH3 is 1. The highest BCUT2D eigenvalue weighted by Crippen LogP contribution is 2.36. The maximum atomic E-state index is 13.5. The van der Waals surface area contributed by atoms with E-state index >= 15 is 0 Å². The Bertz CT molecular complexity index is 1430. The number of urea groups is 1. The Morgan fingerprint density at radius 2 is 1.86 bits per heavy atom. The average Bonchev–Trinajstić information content (AvgIpc) is 2.83. The van der Waals surface area contributed by atoms with Crippen molar-refractivity contribution in [1.82, 2.24) is 5.32 Å². The second-order valence-electron chi connectivity index (χ2n) is 7.83. The van der Waals surface area contributed by atoms with Crippen LogP contribution in [-0.4, -0.2) is 25.0 Å². The van der Waals surface area contributed by atoms with Crippen LogP contribution < -0.4 is 19.7 Å². The number of rotatable bonds is 6. The highest BCUT2D eigenvalue weighted by atomic mass is 79.9. The fourth-order valence-electron chi connectivity index (χ4n) is 3.49. The molecule has 1 heterocycles. The Labute approximate surface area is 219 Å². The molecular formula is C26H19BrClFN2O5. The summed E-state index contributed by atoms with van der Waals surface area (Å²) in [5.41, 5.74) is 1.80. The number of carbonyl (C=O) groups is 3. The Hall–Kier alpha value is -3.69. The summed E-state index contributed by atoms with van der Waals surface area (Å²) in [6.45, 7) is 1.88. The van der Waals surface area contributed by atoms with Gasteiger partial charge in [-0.25, -0.2) is 14.1 Å². The Balaban J connectivity index is 1.65. The molecule has 0 aliphatic carbocycles. The third kappa shape index (κ3) is 5.27. The van der Waals surface area contributed by atoms with Crippen LogP contribution in [0.5, 0.6) is 11.5 Å². The summed E-state index contributed by atoms with van der Waals surface area (Å²) in [6, 6.07) is 13.0. The molecule has 0 aromatic heterocycles. The highest BCUT2D eigenvalue weighted by Gasteiger charge is 2.37. The van der Waals surface area contributed by atoms with Gasteiger partial charge >= 0.3 is 6.03 Å². The molecule has 1 N–H and O–H groups in total. The summed E-state index contributed by atoms with van der Waals surface area (Å²) in [7, 11) is 1.44. The van der Waals surface area contributed by atoms with E-state index in [2.05, 4.69) is 21.2 Å². The fraction of sp³-hybridized carbons (Fsp3) is 0.115. The number of benzene rings is 3. The molecule has 0 saturated carbocycles. The summed E-state index contributed by atoms with van der Waals surface area (Å²) < 4.78 is 25.2. The number of aryl methyl sites for hydroxylation is 1. The van der Waals surface area contributed by atoms with Crippen molar-refractivity contribution in [2.75, 3.05) is 12.0 Å². The Kier molecular flexibility index (Phi) is 7.42. The molecule has 0 radical (unpaired) electrons. The Morgan fingerprint density at radius 3 is 2.56 bits per heavy atom. The first-order chi connectivity index (χ1) is 17.2. The van der Waals surface area contributed by atoms with Gasteiger partial charge in [0.15, 0.2) is 11.5 Å². The molecule has 1 saturated heterocycles. The van der Waals surface area contributed by atoms with Crippen LogP contribution in [0.25, 0.3) is 6.08 Å². The highest BCUT2D eigenvalue weighted by molar-refractivity contribution is 9.10. The lowest BCUT2D eigenvalue weighted by Gasteiger charge is -2.26. The molecule has 3 aromatic rings. The van der Waals surface area contributed by atoms with Crippen molar-refractivity contribution < 1.29 is 28.2 Å². The molecule has 0 atom stereocenters. The summed E-state index contributed by atoms with van der Waals surface area (Å²) in [5.74, 6) is -1.33. The number of nitrogens with one attached hydrogen (secondary N) is 1. The smallest absolute Gasteiger partial charge is 0.335 e. The number of imide groups is 2. The van der Waals surface area contributed by atoms with Gasteiger partial charge in [0.1, 0.15) is 18.0 Å². The van der Waals surface area contributed by atoms with Gasteiger partial charge in [0.05, 0.1) is 12.8 Å². The number of ether oxygens (including phenoxy) is 2. The number of hydrogen-bond donors (Lipinski definition) is 1. The predicted molar refractivity (Wildman–Crippen MR) is 137 cm³/mol. The molecule has 10 heteroatoms. The van der Waals surface area contributed by atoms with E-state index in [1.807, 2.05) is 0 Å². The van der Waals surface area contributed by atoms with Crippen LogP contribution in [-0.2, 0) is 16.2 Å². The summed E-state index contributed by atoms with van der Waals surface area (Å²) >= 11 is 9.59. The van der Waals surface area contributed by atoms with Gasteiger partial charge in [-0.1, -0.05) is 45.7 Å². The van der Waals surface area contributed by atoms with Crippen molar-refractivity contribution >= 4 is 57.1 Å². The zero-order valence-corrected chi connectivity index (χ0v) is 21.4. The molecule has 0 spiro atoms. The molecular weight excluding hydrogens is 555 g/mol. The van der Waals surface area contributed by atoms with Crippen LogP contribution in [0.15, 0.2) is 64.6 Å². The van der Waals surface area contributed by atoms with E-state index in [0.29, 0.717) is 32.1 Å². The van der Waals surface area contributed by atoms with Crippen molar-refractivity contribution in [3.8, 4) is 11.5 Å². The molecule has 1 fully saturated rings. The molecule has 1 aliphatic rings. The number of barbiturate groups is 1. The van der Waals surface area contributed by atoms with Crippen molar-refractivity contribution in [2.24, 2.45) is 0 Å². The van der Waals surface area contributed by atoms with Crippen LogP contribution in [0.3, 0.4) is 0 Å². The molecule has 0 bridgehead atoms. The van der Waals surface area contributed by atoms with Gasteiger partial charge in [0.25, 0.3) is 11.8 Å². The number of hydrogen-bond acceptors (Lipinski definition) is 5. The summed E-state index contributed by atoms with van der Waals surface area (Å²) in [5, 5.41) is 2.55. The summed E-state index contributed by atoms with van der Waals surface area (Å²) in [6.07, 6.45) is 1.34. The summed E-state index contributed by atoms with van der Waals surface area (Å²) in [4.78, 5) is 39.1. The minimum Gasteiger partial charge on any atom is -0.493 e. The largest absolute Gasteiger partial charge is 0.493 e. The average molecular weight is 574 g/mol. The third-order valence-corrected chi connectivity index (χ3v) is 6.48. The quantitative estimate of drug-likeness (QED) is 0.297.